The molecule has 0 amide bonds. The molecule has 2 nitrogen and oxygen atoms in total. The summed E-state index contributed by atoms with van der Waals surface area (Å²) in [5.74, 6) is 0. The van der Waals surface area contributed by atoms with E-state index in [1.54, 1.807) is 0 Å². The van der Waals surface area contributed by atoms with E-state index in [9.17, 15) is 0 Å². The van der Waals surface area contributed by atoms with Crippen LogP contribution in [0.1, 0.15) is 25.8 Å². The average molecular weight is 248 g/mol. The summed E-state index contributed by atoms with van der Waals surface area (Å²) in [7, 11) is 0. The summed E-state index contributed by atoms with van der Waals surface area (Å²) >= 11 is 5.58. The van der Waals surface area contributed by atoms with Crippen LogP contribution in [0.15, 0.2) is 30.3 Å². The van der Waals surface area contributed by atoms with E-state index in [1.807, 2.05) is 0 Å². The Morgan fingerprint density at radius 3 is 2.53 bits per heavy atom. The molecule has 0 N–H and O–H groups in total. The lowest BCUT2D eigenvalue weighted by Gasteiger charge is -2.40. The van der Waals surface area contributed by atoms with Gasteiger partial charge in [-0.3, -0.25) is 0 Å². The second-order valence-corrected chi connectivity index (χ2v) is 5.20. The predicted octanol–water partition coefficient (Wildman–Crippen LogP) is 2.89. The minimum Gasteiger partial charge on any atom is -0.347 e. The van der Waals surface area contributed by atoms with Gasteiger partial charge in [0.1, 0.15) is 0 Å². The maximum Gasteiger partial charge on any atom is 0.172 e. The maximum absolute atomic E-state index is 5.58. The summed E-state index contributed by atoms with van der Waals surface area (Å²) in [5.41, 5.74) is 1.33. The van der Waals surface area contributed by atoms with Gasteiger partial charge in [-0.25, -0.2) is 0 Å². The zero-order valence-electron chi connectivity index (χ0n) is 10.6. The Morgan fingerprint density at radius 1 is 1.18 bits per heavy atom. The van der Waals surface area contributed by atoms with E-state index >= 15 is 0 Å². The first-order chi connectivity index (χ1) is 8.18. The Morgan fingerprint density at radius 2 is 1.88 bits per heavy atom. The fraction of sp³-hybridized carbons (Fsp3) is 0.500. The smallest absolute Gasteiger partial charge is 0.172 e. The van der Waals surface area contributed by atoms with Crippen LogP contribution in [0.4, 0.5) is 0 Å². The van der Waals surface area contributed by atoms with Crippen LogP contribution in [0.5, 0.6) is 0 Å². The third kappa shape index (κ3) is 2.97. The van der Waals surface area contributed by atoms with E-state index < -0.39 is 0 Å². The first-order valence-electron chi connectivity index (χ1n) is 6.28. The van der Waals surface area contributed by atoms with Crippen molar-refractivity contribution in [1.82, 2.24) is 9.80 Å². The molecular formula is C14H20N2S. The van der Waals surface area contributed by atoms with Crippen LogP contribution in [-0.4, -0.2) is 34.0 Å². The van der Waals surface area contributed by atoms with Gasteiger partial charge in [0.15, 0.2) is 5.11 Å². The molecule has 1 heterocycles. The molecule has 1 aromatic rings. The summed E-state index contributed by atoms with van der Waals surface area (Å²) < 4.78 is 0. The first-order valence-corrected chi connectivity index (χ1v) is 6.69. The van der Waals surface area contributed by atoms with Gasteiger partial charge in [-0.15, -0.1) is 0 Å². The fourth-order valence-corrected chi connectivity index (χ4v) is 2.69. The molecule has 17 heavy (non-hydrogen) atoms. The van der Waals surface area contributed by atoms with Crippen LogP contribution in [0.3, 0.4) is 0 Å². The molecule has 0 radical (unpaired) electrons. The van der Waals surface area contributed by atoms with Crippen LogP contribution < -0.4 is 0 Å². The summed E-state index contributed by atoms with van der Waals surface area (Å²) in [5, 5.41) is 1.01. The third-order valence-corrected chi connectivity index (χ3v) is 3.68. The number of hydrogen-bond acceptors (Lipinski definition) is 1. The van der Waals surface area contributed by atoms with Gasteiger partial charge in [0.25, 0.3) is 0 Å². The normalized spacial score (nSPS) is 16.8. The number of thiocarbonyl (C=S) groups is 1. The van der Waals surface area contributed by atoms with Crippen molar-refractivity contribution < 1.29 is 0 Å². The minimum atomic E-state index is 0.501. The molecule has 0 aromatic heterocycles. The van der Waals surface area contributed by atoms with Gasteiger partial charge < -0.3 is 9.80 Å². The van der Waals surface area contributed by atoms with E-state index in [0.29, 0.717) is 6.04 Å². The van der Waals surface area contributed by atoms with Crippen molar-refractivity contribution in [1.29, 1.82) is 0 Å². The molecule has 0 saturated carbocycles. The minimum absolute atomic E-state index is 0.501. The second-order valence-electron chi connectivity index (χ2n) is 4.83. The second kappa shape index (κ2) is 5.50. The van der Waals surface area contributed by atoms with Crippen molar-refractivity contribution in [2.75, 3.05) is 13.1 Å². The number of nitrogens with zero attached hydrogens (tertiary/aromatic N) is 2. The number of benzene rings is 1. The van der Waals surface area contributed by atoms with Crippen LogP contribution in [0.2, 0.25) is 0 Å². The highest BCUT2D eigenvalue weighted by Crippen LogP contribution is 2.15. The topological polar surface area (TPSA) is 6.48 Å². The van der Waals surface area contributed by atoms with Crippen molar-refractivity contribution in [3.05, 3.63) is 35.9 Å². The molecule has 0 atom stereocenters. The van der Waals surface area contributed by atoms with Crippen molar-refractivity contribution in [2.24, 2.45) is 0 Å². The molecule has 3 heteroatoms. The maximum atomic E-state index is 5.58. The molecule has 92 valence electrons. The zero-order chi connectivity index (χ0) is 12.3. The van der Waals surface area contributed by atoms with E-state index in [1.165, 1.54) is 12.0 Å². The van der Waals surface area contributed by atoms with Crippen LogP contribution in [-0.2, 0) is 6.54 Å². The fourth-order valence-electron chi connectivity index (χ4n) is 2.23. The summed E-state index contributed by atoms with van der Waals surface area (Å²) in [4.78, 5) is 4.63. The molecule has 1 saturated heterocycles. The largest absolute Gasteiger partial charge is 0.347 e. The summed E-state index contributed by atoms with van der Waals surface area (Å²) in [6, 6.07) is 11.1. The Bertz CT molecular complexity index is 375. The highest BCUT2D eigenvalue weighted by Gasteiger charge is 2.23. The predicted molar refractivity (Wildman–Crippen MR) is 75.9 cm³/mol. The van der Waals surface area contributed by atoms with Gasteiger partial charge in [0, 0.05) is 25.7 Å². The van der Waals surface area contributed by atoms with Gasteiger partial charge >= 0.3 is 0 Å². The van der Waals surface area contributed by atoms with E-state index in [0.717, 1.165) is 24.7 Å². The highest BCUT2D eigenvalue weighted by molar-refractivity contribution is 7.80. The molecule has 1 fully saturated rings. The van der Waals surface area contributed by atoms with E-state index in [-0.39, 0.29) is 0 Å². The van der Waals surface area contributed by atoms with Crippen molar-refractivity contribution in [3.8, 4) is 0 Å². The molecule has 0 spiro atoms. The molecular weight excluding hydrogens is 228 g/mol. The van der Waals surface area contributed by atoms with Crippen molar-refractivity contribution in [3.63, 3.8) is 0 Å². The first kappa shape index (κ1) is 12.4. The standard InChI is InChI=1S/C14H20N2S/c1-12(2)16-10-6-9-15(14(16)17)11-13-7-4-3-5-8-13/h3-5,7-8,12H,6,9-11H2,1-2H3. The van der Waals surface area contributed by atoms with Crippen LogP contribution in [0.25, 0.3) is 0 Å². The quantitative estimate of drug-likeness (QED) is 0.760. The average Bonchev–Trinajstić information content (AvgIpc) is 2.33. The molecule has 1 aliphatic heterocycles. The molecule has 0 bridgehead atoms. The van der Waals surface area contributed by atoms with Gasteiger partial charge in [0.05, 0.1) is 0 Å². The molecule has 1 aromatic carbocycles. The number of hydrogen-bond donors (Lipinski definition) is 0. The monoisotopic (exact) mass is 248 g/mol. The van der Waals surface area contributed by atoms with E-state index in [2.05, 4.69) is 54.0 Å². The summed E-state index contributed by atoms with van der Waals surface area (Å²) in [6.07, 6.45) is 1.20. The summed E-state index contributed by atoms with van der Waals surface area (Å²) in [6.45, 7) is 7.53. The molecule has 0 aliphatic carbocycles. The molecule has 2 rings (SSSR count). The number of rotatable bonds is 3. The molecule has 1 aliphatic rings. The van der Waals surface area contributed by atoms with Gasteiger partial charge in [-0.2, -0.15) is 0 Å². The van der Waals surface area contributed by atoms with Gasteiger partial charge in [0.2, 0.25) is 0 Å². The van der Waals surface area contributed by atoms with Crippen LogP contribution in [0, 0.1) is 0 Å². The zero-order valence-corrected chi connectivity index (χ0v) is 11.4. The van der Waals surface area contributed by atoms with E-state index in [4.69, 9.17) is 12.2 Å². The third-order valence-electron chi connectivity index (χ3n) is 3.18. The Balaban J connectivity index is 2.04. The SMILES string of the molecule is CC(C)N1CCCN(Cc2ccccc2)C1=S. The lowest BCUT2D eigenvalue weighted by atomic mass is 10.2. The van der Waals surface area contributed by atoms with Crippen LogP contribution >= 0.6 is 12.2 Å². The van der Waals surface area contributed by atoms with Gasteiger partial charge in [-0.1, -0.05) is 30.3 Å². The Labute approximate surface area is 109 Å². The molecule has 0 unspecified atom stereocenters. The van der Waals surface area contributed by atoms with Crippen molar-refractivity contribution in [2.45, 2.75) is 32.9 Å². The van der Waals surface area contributed by atoms with Crippen molar-refractivity contribution >= 4 is 17.3 Å². The lowest BCUT2D eigenvalue weighted by Crippen LogP contribution is -2.51. The Hall–Kier alpha value is -1.09. The Kier molecular flexibility index (Phi) is 4.00. The highest BCUT2D eigenvalue weighted by atomic mass is 32.1. The lowest BCUT2D eigenvalue weighted by molar-refractivity contribution is 0.232. The van der Waals surface area contributed by atoms with Gasteiger partial charge in [-0.05, 0) is 38.0 Å².